The number of carboxylic acid groups (broad SMARTS) is 1. The number of hydrogen-bond acceptors (Lipinski definition) is 2. The van der Waals surface area contributed by atoms with Crippen LogP contribution in [0.1, 0.15) is 19.4 Å². The Balaban J connectivity index is 2.87. The second-order valence-corrected chi connectivity index (χ2v) is 4.19. The highest BCUT2D eigenvalue weighted by Gasteiger charge is 2.26. The molecule has 0 aliphatic heterocycles. The first kappa shape index (κ1) is 13.2. The topological polar surface area (TPSA) is 57.6 Å². The van der Waals surface area contributed by atoms with Crippen LogP contribution in [0.5, 0.6) is 0 Å². The van der Waals surface area contributed by atoms with Gasteiger partial charge in [-0.05, 0) is 19.4 Å². The number of carbonyl (C=O) groups is 2. The van der Waals surface area contributed by atoms with Gasteiger partial charge in [0.1, 0.15) is 6.04 Å². The molecule has 0 bridgehead atoms. The normalized spacial score (nSPS) is 12.2. The van der Waals surface area contributed by atoms with Gasteiger partial charge in [0.2, 0.25) is 6.41 Å². The third kappa shape index (κ3) is 3.59. The largest absolute Gasteiger partial charge is 0.480 e. The van der Waals surface area contributed by atoms with Crippen LogP contribution in [-0.4, -0.2) is 34.5 Å². The Bertz CT molecular complexity index is 376. The Morgan fingerprint density at radius 1 is 1.35 bits per heavy atom. The molecule has 92 valence electrons. The summed E-state index contributed by atoms with van der Waals surface area (Å²) in [5.74, 6) is -0.977. The van der Waals surface area contributed by atoms with E-state index in [0.29, 0.717) is 12.8 Å². The fraction of sp³-hybridized carbons (Fsp3) is 0.385. The van der Waals surface area contributed by atoms with Gasteiger partial charge in [-0.3, -0.25) is 4.79 Å². The first-order chi connectivity index (χ1) is 8.06. The summed E-state index contributed by atoms with van der Waals surface area (Å²) in [7, 11) is 0. The minimum atomic E-state index is -0.977. The number of benzene rings is 1. The van der Waals surface area contributed by atoms with Crippen molar-refractivity contribution >= 4 is 12.4 Å². The maximum Gasteiger partial charge on any atom is 0.326 e. The van der Waals surface area contributed by atoms with Crippen molar-refractivity contribution in [3.8, 4) is 0 Å². The molecule has 1 N–H and O–H groups in total. The molecule has 0 saturated carbocycles. The van der Waals surface area contributed by atoms with Gasteiger partial charge in [0, 0.05) is 12.5 Å². The Kier molecular flexibility index (Phi) is 4.69. The molecule has 1 rings (SSSR count). The number of carboxylic acids is 1. The summed E-state index contributed by atoms with van der Waals surface area (Å²) >= 11 is 0. The zero-order valence-electron chi connectivity index (χ0n) is 10.0. The first-order valence-corrected chi connectivity index (χ1v) is 5.55. The van der Waals surface area contributed by atoms with Crippen molar-refractivity contribution in [2.75, 3.05) is 0 Å². The summed E-state index contributed by atoms with van der Waals surface area (Å²) in [5, 5.41) is 9.18. The summed E-state index contributed by atoms with van der Waals surface area (Å²) in [5.41, 5.74) is 0.910. The minimum absolute atomic E-state index is 0.127. The van der Waals surface area contributed by atoms with E-state index in [-0.39, 0.29) is 6.04 Å². The maximum atomic E-state index is 11.2. The zero-order chi connectivity index (χ0) is 12.8. The number of carbonyl (C=O) groups excluding carboxylic acids is 1. The van der Waals surface area contributed by atoms with Crippen molar-refractivity contribution in [2.45, 2.75) is 32.4 Å². The van der Waals surface area contributed by atoms with Crippen LogP contribution in [0.15, 0.2) is 30.3 Å². The molecule has 0 radical (unpaired) electrons. The average Bonchev–Trinajstić information content (AvgIpc) is 2.29. The number of amides is 1. The van der Waals surface area contributed by atoms with Crippen LogP contribution >= 0.6 is 0 Å². The van der Waals surface area contributed by atoms with Crippen LogP contribution in [0.25, 0.3) is 0 Å². The smallest absolute Gasteiger partial charge is 0.326 e. The molecule has 1 aromatic carbocycles. The monoisotopic (exact) mass is 235 g/mol. The SMILES string of the molecule is CC(C)N(C=O)C(Cc1ccccc1)C(=O)O. The lowest BCUT2D eigenvalue weighted by Crippen LogP contribution is -2.45. The van der Waals surface area contributed by atoms with Gasteiger partial charge in [-0.1, -0.05) is 30.3 Å². The van der Waals surface area contributed by atoms with E-state index in [0.717, 1.165) is 5.56 Å². The van der Waals surface area contributed by atoms with E-state index in [1.807, 2.05) is 30.3 Å². The first-order valence-electron chi connectivity index (χ1n) is 5.55. The summed E-state index contributed by atoms with van der Waals surface area (Å²) < 4.78 is 0. The number of rotatable bonds is 6. The molecule has 1 unspecified atom stereocenters. The number of aliphatic carboxylic acids is 1. The van der Waals surface area contributed by atoms with Gasteiger partial charge in [-0.15, -0.1) is 0 Å². The highest BCUT2D eigenvalue weighted by Crippen LogP contribution is 2.11. The Morgan fingerprint density at radius 3 is 2.35 bits per heavy atom. The van der Waals surface area contributed by atoms with Crippen molar-refractivity contribution in [2.24, 2.45) is 0 Å². The molecule has 1 aromatic rings. The molecular formula is C13H17NO3. The predicted octanol–water partition coefficient (Wildman–Crippen LogP) is 1.55. The van der Waals surface area contributed by atoms with E-state index in [9.17, 15) is 14.7 Å². The molecule has 0 aliphatic carbocycles. The molecule has 0 heterocycles. The second kappa shape index (κ2) is 6.03. The van der Waals surface area contributed by atoms with Crippen molar-refractivity contribution in [1.29, 1.82) is 0 Å². The standard InChI is InChI=1S/C13H17NO3/c1-10(2)14(9-15)12(13(16)17)8-11-6-4-3-5-7-11/h3-7,9-10,12H,8H2,1-2H3,(H,16,17). The fourth-order valence-corrected chi connectivity index (χ4v) is 1.71. The van der Waals surface area contributed by atoms with E-state index >= 15 is 0 Å². The van der Waals surface area contributed by atoms with Gasteiger partial charge in [0.05, 0.1) is 0 Å². The molecule has 4 heteroatoms. The predicted molar refractivity (Wildman–Crippen MR) is 64.6 cm³/mol. The van der Waals surface area contributed by atoms with Crippen LogP contribution < -0.4 is 0 Å². The summed E-state index contributed by atoms with van der Waals surface area (Å²) in [6.07, 6.45) is 0.930. The molecule has 0 aliphatic rings. The molecule has 17 heavy (non-hydrogen) atoms. The zero-order valence-corrected chi connectivity index (χ0v) is 10.0. The average molecular weight is 235 g/mol. The minimum Gasteiger partial charge on any atom is -0.480 e. The van der Waals surface area contributed by atoms with E-state index < -0.39 is 12.0 Å². The van der Waals surface area contributed by atoms with Gasteiger partial charge >= 0.3 is 5.97 Å². The van der Waals surface area contributed by atoms with Crippen molar-refractivity contribution in [3.63, 3.8) is 0 Å². The van der Waals surface area contributed by atoms with Gasteiger partial charge in [0.25, 0.3) is 0 Å². The van der Waals surface area contributed by atoms with Gasteiger partial charge in [-0.25, -0.2) is 4.79 Å². The molecular weight excluding hydrogens is 218 g/mol. The molecule has 0 fully saturated rings. The van der Waals surface area contributed by atoms with E-state index in [2.05, 4.69) is 0 Å². The summed E-state index contributed by atoms with van der Waals surface area (Å²) in [4.78, 5) is 23.5. The lowest BCUT2D eigenvalue weighted by molar-refractivity contribution is -0.147. The Labute approximate surface area is 101 Å². The van der Waals surface area contributed by atoms with Crippen LogP contribution in [0, 0.1) is 0 Å². The maximum absolute atomic E-state index is 11.2. The second-order valence-electron chi connectivity index (χ2n) is 4.19. The van der Waals surface area contributed by atoms with Crippen molar-refractivity contribution in [1.82, 2.24) is 4.90 Å². The Hall–Kier alpha value is -1.84. The van der Waals surface area contributed by atoms with Crippen molar-refractivity contribution < 1.29 is 14.7 Å². The van der Waals surface area contributed by atoms with Crippen LogP contribution in [-0.2, 0) is 16.0 Å². The lowest BCUT2D eigenvalue weighted by Gasteiger charge is -2.28. The molecule has 0 spiro atoms. The molecule has 0 saturated heterocycles. The van der Waals surface area contributed by atoms with Gasteiger partial charge in [-0.2, -0.15) is 0 Å². The third-order valence-corrected chi connectivity index (χ3v) is 2.63. The fourth-order valence-electron chi connectivity index (χ4n) is 1.71. The summed E-state index contributed by atoms with van der Waals surface area (Å²) in [6, 6.07) is 8.37. The van der Waals surface area contributed by atoms with Crippen LogP contribution in [0.4, 0.5) is 0 Å². The van der Waals surface area contributed by atoms with Crippen LogP contribution in [0.2, 0.25) is 0 Å². The van der Waals surface area contributed by atoms with Crippen molar-refractivity contribution in [3.05, 3.63) is 35.9 Å². The molecule has 1 amide bonds. The van der Waals surface area contributed by atoms with Crippen LogP contribution in [0.3, 0.4) is 0 Å². The van der Waals surface area contributed by atoms with E-state index in [1.54, 1.807) is 13.8 Å². The number of nitrogens with zero attached hydrogens (tertiary/aromatic N) is 1. The quantitative estimate of drug-likeness (QED) is 0.761. The van der Waals surface area contributed by atoms with Gasteiger partial charge in [0.15, 0.2) is 0 Å². The highest BCUT2D eigenvalue weighted by molar-refractivity contribution is 5.76. The molecule has 1 atom stereocenters. The lowest BCUT2D eigenvalue weighted by atomic mass is 10.0. The van der Waals surface area contributed by atoms with E-state index in [1.165, 1.54) is 4.90 Å². The van der Waals surface area contributed by atoms with Gasteiger partial charge < -0.3 is 10.0 Å². The molecule has 0 aromatic heterocycles. The Morgan fingerprint density at radius 2 is 1.94 bits per heavy atom. The third-order valence-electron chi connectivity index (χ3n) is 2.63. The number of hydrogen-bond donors (Lipinski definition) is 1. The van der Waals surface area contributed by atoms with E-state index in [4.69, 9.17) is 0 Å². The highest BCUT2D eigenvalue weighted by atomic mass is 16.4. The molecule has 4 nitrogen and oxygen atoms in total. The summed E-state index contributed by atoms with van der Waals surface area (Å²) in [6.45, 7) is 3.60.